The number of ketones is 1. The molecule has 1 aliphatic heterocycles. The molecule has 0 bridgehead atoms. The minimum atomic E-state index is -0.655. The number of thiol groups is 1. The summed E-state index contributed by atoms with van der Waals surface area (Å²) in [5, 5.41) is 5.56. The molecule has 1 saturated carbocycles. The fraction of sp³-hybridized carbons (Fsp3) is 0.381. The Balaban J connectivity index is 1.63. The first-order chi connectivity index (χ1) is 13.8. The second-order valence-electron chi connectivity index (χ2n) is 7.73. The van der Waals surface area contributed by atoms with E-state index >= 15 is 0 Å². The van der Waals surface area contributed by atoms with Gasteiger partial charge in [0.25, 0.3) is 17.6 Å². The van der Waals surface area contributed by atoms with Crippen LogP contribution >= 0.6 is 12.6 Å². The molecule has 2 amide bonds. The molecule has 152 valence electrons. The number of nitrogens with zero attached hydrogens (tertiary/aromatic N) is 1. The van der Waals surface area contributed by atoms with Crippen LogP contribution in [0.5, 0.6) is 0 Å². The average Bonchev–Trinajstić information content (AvgIpc) is 3.21. The number of carbonyl (C=O) groups is 3. The van der Waals surface area contributed by atoms with Crippen molar-refractivity contribution in [1.29, 1.82) is 0 Å². The number of Topliss-reactive ketones (excluding diaryl/α,β-unsaturated/α-hetero) is 1. The molecule has 29 heavy (non-hydrogen) atoms. The highest BCUT2D eigenvalue weighted by Crippen LogP contribution is 2.36. The number of anilines is 1. The second-order valence-corrected chi connectivity index (χ2v) is 8.05. The smallest absolute Gasteiger partial charge is 0.294 e. The minimum absolute atomic E-state index is 0.272. The topological polar surface area (TPSA) is 80.2 Å². The van der Waals surface area contributed by atoms with Crippen molar-refractivity contribution < 1.29 is 18.8 Å². The summed E-state index contributed by atoms with van der Waals surface area (Å²) in [6, 6.07) is 5.48. The first-order valence-corrected chi connectivity index (χ1v) is 10.2. The van der Waals surface area contributed by atoms with Crippen molar-refractivity contribution in [1.82, 2.24) is 9.88 Å². The van der Waals surface area contributed by atoms with Crippen LogP contribution in [-0.2, 0) is 17.8 Å². The number of hydrogen-bond donors (Lipinski definition) is 3. The molecule has 6 nitrogen and oxygen atoms in total. The Labute approximate surface area is 173 Å². The van der Waals surface area contributed by atoms with E-state index in [-0.39, 0.29) is 17.1 Å². The average molecular weight is 415 g/mol. The second kappa shape index (κ2) is 7.33. The van der Waals surface area contributed by atoms with E-state index < -0.39 is 17.5 Å². The molecule has 1 aromatic heterocycles. The van der Waals surface area contributed by atoms with Crippen molar-refractivity contribution in [2.24, 2.45) is 0 Å². The van der Waals surface area contributed by atoms with Crippen LogP contribution in [0.25, 0.3) is 0 Å². The summed E-state index contributed by atoms with van der Waals surface area (Å²) < 4.78 is 14.9. The molecule has 1 aromatic carbocycles. The largest absolute Gasteiger partial charge is 0.343 e. The predicted molar refractivity (Wildman–Crippen MR) is 110 cm³/mol. The molecule has 0 atom stereocenters. The Hall–Kier alpha value is -2.61. The number of hydrogen-bond acceptors (Lipinski definition) is 4. The fourth-order valence-electron chi connectivity index (χ4n) is 3.92. The molecule has 1 fully saturated rings. The lowest BCUT2D eigenvalue weighted by atomic mass is 10.0. The molecular formula is C21H22FN3O3S. The lowest BCUT2D eigenvalue weighted by Gasteiger charge is -2.14. The summed E-state index contributed by atoms with van der Waals surface area (Å²) in [6.07, 6.45) is 3.08. The maximum atomic E-state index is 13.1. The van der Waals surface area contributed by atoms with Gasteiger partial charge >= 0.3 is 0 Å². The lowest BCUT2D eigenvalue weighted by molar-refractivity contribution is -0.117. The molecule has 8 heteroatoms. The van der Waals surface area contributed by atoms with Crippen molar-refractivity contribution in [2.45, 2.75) is 44.7 Å². The van der Waals surface area contributed by atoms with Gasteiger partial charge in [0, 0.05) is 29.2 Å². The number of nitrogens with one attached hydrogen (secondary N) is 2. The molecule has 0 spiro atoms. The van der Waals surface area contributed by atoms with Gasteiger partial charge < -0.3 is 15.2 Å². The molecule has 0 saturated heterocycles. The minimum Gasteiger partial charge on any atom is -0.343 e. The number of benzene rings is 1. The summed E-state index contributed by atoms with van der Waals surface area (Å²) in [6.45, 7) is 2.28. The highest BCUT2D eigenvalue weighted by Gasteiger charge is 2.44. The van der Waals surface area contributed by atoms with Crippen LogP contribution in [0.15, 0.2) is 24.3 Å². The summed E-state index contributed by atoms with van der Waals surface area (Å²) in [5.74, 6) is -1.55. The highest BCUT2D eigenvalue weighted by molar-refractivity contribution is 7.80. The van der Waals surface area contributed by atoms with Gasteiger partial charge in [-0.05, 0) is 62.4 Å². The third-order valence-corrected chi connectivity index (χ3v) is 6.30. The fourth-order valence-corrected chi connectivity index (χ4v) is 4.31. The van der Waals surface area contributed by atoms with Crippen LogP contribution in [0.1, 0.15) is 51.4 Å². The molecule has 0 unspecified atom stereocenters. The normalized spacial score (nSPS) is 16.2. The van der Waals surface area contributed by atoms with E-state index in [9.17, 15) is 18.8 Å². The van der Waals surface area contributed by atoms with Crippen LogP contribution in [0.3, 0.4) is 0 Å². The first-order valence-electron chi connectivity index (χ1n) is 9.62. The summed E-state index contributed by atoms with van der Waals surface area (Å²) in [5.41, 5.74) is 2.02. The third kappa shape index (κ3) is 3.57. The van der Waals surface area contributed by atoms with Crippen LogP contribution in [-0.4, -0.2) is 33.5 Å². The number of fused-ring (bicyclic) bond motifs is 1. The van der Waals surface area contributed by atoms with E-state index in [1.165, 1.54) is 24.3 Å². The molecule has 4 rings (SSSR count). The Kier molecular flexibility index (Phi) is 4.98. The van der Waals surface area contributed by atoms with E-state index in [4.69, 9.17) is 0 Å². The first kappa shape index (κ1) is 19.7. The van der Waals surface area contributed by atoms with Crippen molar-refractivity contribution >= 4 is 35.9 Å². The third-order valence-electron chi connectivity index (χ3n) is 5.70. The lowest BCUT2D eigenvalue weighted by Crippen LogP contribution is -2.42. The van der Waals surface area contributed by atoms with Gasteiger partial charge in [-0.3, -0.25) is 14.4 Å². The number of halogens is 1. The number of carbonyl (C=O) groups excluding carboxylic acids is 3. The summed E-state index contributed by atoms with van der Waals surface area (Å²) in [4.78, 5) is 38.4. The molecule has 0 radical (unpaired) electrons. The molecule has 2 heterocycles. The standard InChI is InChI=1S/C21H22FN3O3S/c1-12-16(19(27)23-14-6-4-13(22)5-7-14)15-3-2-10-25(15)17(12)18(26)20(28)24-21(11-29)8-9-21/h4-7,29H,2-3,8-11H2,1H3,(H,23,27)(H,24,28). The molecule has 1 aliphatic carbocycles. The van der Waals surface area contributed by atoms with Gasteiger partial charge in [0.15, 0.2) is 0 Å². The monoisotopic (exact) mass is 415 g/mol. The Morgan fingerprint density at radius 2 is 1.90 bits per heavy atom. The molecule has 2 aliphatic rings. The summed E-state index contributed by atoms with van der Waals surface area (Å²) >= 11 is 4.26. The maximum Gasteiger partial charge on any atom is 0.294 e. The Bertz CT molecular complexity index is 1010. The van der Waals surface area contributed by atoms with Gasteiger partial charge in [0.1, 0.15) is 5.82 Å². The number of aromatic nitrogens is 1. The van der Waals surface area contributed by atoms with Crippen LogP contribution < -0.4 is 10.6 Å². The number of amides is 2. The van der Waals surface area contributed by atoms with E-state index in [0.29, 0.717) is 35.5 Å². The Morgan fingerprint density at radius 1 is 1.21 bits per heavy atom. The van der Waals surface area contributed by atoms with Gasteiger partial charge in [0.05, 0.1) is 11.3 Å². The van der Waals surface area contributed by atoms with E-state index in [1.807, 2.05) is 0 Å². The number of rotatable bonds is 6. The zero-order chi connectivity index (χ0) is 20.8. The van der Waals surface area contributed by atoms with Crippen LogP contribution in [0, 0.1) is 12.7 Å². The molecule has 2 aromatic rings. The van der Waals surface area contributed by atoms with Gasteiger partial charge in [-0.25, -0.2) is 4.39 Å². The van der Waals surface area contributed by atoms with Crippen molar-refractivity contribution in [2.75, 3.05) is 11.1 Å². The van der Waals surface area contributed by atoms with Crippen molar-refractivity contribution in [3.05, 3.63) is 52.6 Å². The SMILES string of the molecule is Cc1c(C(=O)Nc2ccc(F)cc2)c2n(c1C(=O)C(=O)NC1(CS)CC1)CCC2. The zero-order valence-corrected chi connectivity index (χ0v) is 16.9. The highest BCUT2D eigenvalue weighted by atomic mass is 32.1. The quantitative estimate of drug-likeness (QED) is 0.386. The molecule has 2 N–H and O–H groups in total. The summed E-state index contributed by atoms with van der Waals surface area (Å²) in [7, 11) is 0. The van der Waals surface area contributed by atoms with E-state index in [1.54, 1.807) is 11.5 Å². The van der Waals surface area contributed by atoms with Gasteiger partial charge in [-0.1, -0.05) is 0 Å². The van der Waals surface area contributed by atoms with Gasteiger partial charge in [0.2, 0.25) is 0 Å². The Morgan fingerprint density at radius 3 is 2.52 bits per heavy atom. The van der Waals surface area contributed by atoms with Crippen molar-refractivity contribution in [3.8, 4) is 0 Å². The van der Waals surface area contributed by atoms with Crippen LogP contribution in [0.2, 0.25) is 0 Å². The molecular weight excluding hydrogens is 393 g/mol. The predicted octanol–water partition coefficient (Wildman–Crippen LogP) is 2.90. The van der Waals surface area contributed by atoms with Gasteiger partial charge in [-0.2, -0.15) is 12.6 Å². The van der Waals surface area contributed by atoms with E-state index in [2.05, 4.69) is 23.3 Å². The van der Waals surface area contributed by atoms with Crippen molar-refractivity contribution in [3.63, 3.8) is 0 Å². The van der Waals surface area contributed by atoms with E-state index in [0.717, 1.165) is 25.0 Å². The zero-order valence-electron chi connectivity index (χ0n) is 16.0. The maximum absolute atomic E-state index is 13.1. The van der Waals surface area contributed by atoms with Crippen LogP contribution in [0.4, 0.5) is 10.1 Å². The van der Waals surface area contributed by atoms with Gasteiger partial charge in [-0.15, -0.1) is 0 Å².